The van der Waals surface area contributed by atoms with Gasteiger partial charge in [0.25, 0.3) is 5.88 Å². The molecule has 1 saturated heterocycles. The monoisotopic (exact) mass is 414 g/mol. The molecule has 1 aliphatic rings. The SMILES string of the molecule is COc1nc(-c2cnn3ccccc23)nc(N[C@@H]2CCCNC2)c1F.Cl.Cl. The lowest BCUT2D eigenvalue weighted by Gasteiger charge is -2.24. The quantitative estimate of drug-likeness (QED) is 0.683. The standard InChI is InChI=1S/C17H19FN6O.2ClH/c1-25-17-14(18)16(21-11-5-4-7-19-9-11)22-15(23-17)12-10-20-24-8-3-2-6-13(12)24;;/h2-3,6,8,10-11,19H,4-5,7,9H2,1H3,(H,21,22,23);2*1H/t11-;;/m1../s1. The van der Waals surface area contributed by atoms with E-state index < -0.39 is 5.82 Å². The van der Waals surface area contributed by atoms with Crippen molar-refractivity contribution in [3.63, 3.8) is 0 Å². The minimum Gasteiger partial charge on any atom is -0.479 e. The Balaban J connectivity index is 0.00000131. The van der Waals surface area contributed by atoms with Gasteiger partial charge in [-0.3, -0.25) is 0 Å². The Morgan fingerprint density at radius 3 is 2.89 bits per heavy atom. The maximum Gasteiger partial charge on any atom is 0.256 e. The molecule has 1 atom stereocenters. The normalized spacial score (nSPS) is 16.3. The number of methoxy groups -OCH3 is 1. The van der Waals surface area contributed by atoms with Crippen LogP contribution in [-0.4, -0.2) is 45.8 Å². The molecule has 0 spiro atoms. The molecule has 146 valence electrons. The molecule has 0 unspecified atom stereocenters. The van der Waals surface area contributed by atoms with Crippen LogP contribution in [0.1, 0.15) is 12.8 Å². The minimum absolute atomic E-state index is 0. The van der Waals surface area contributed by atoms with Crippen LogP contribution in [0.2, 0.25) is 0 Å². The highest BCUT2D eigenvalue weighted by molar-refractivity contribution is 5.85. The largest absolute Gasteiger partial charge is 0.479 e. The van der Waals surface area contributed by atoms with Gasteiger partial charge >= 0.3 is 0 Å². The van der Waals surface area contributed by atoms with Gasteiger partial charge in [0.1, 0.15) is 0 Å². The van der Waals surface area contributed by atoms with Crippen molar-refractivity contribution >= 4 is 36.1 Å². The molecule has 0 aliphatic carbocycles. The van der Waals surface area contributed by atoms with E-state index in [1.54, 1.807) is 10.7 Å². The van der Waals surface area contributed by atoms with Crippen molar-refractivity contribution in [2.45, 2.75) is 18.9 Å². The molecule has 0 saturated carbocycles. The molecule has 10 heteroatoms. The molecule has 3 aromatic rings. The van der Waals surface area contributed by atoms with Crippen molar-refractivity contribution in [1.29, 1.82) is 0 Å². The third-order valence-electron chi connectivity index (χ3n) is 4.32. The van der Waals surface area contributed by atoms with Gasteiger partial charge in [0, 0.05) is 18.8 Å². The van der Waals surface area contributed by atoms with E-state index in [-0.39, 0.29) is 42.6 Å². The molecule has 0 bridgehead atoms. The van der Waals surface area contributed by atoms with E-state index in [4.69, 9.17) is 4.74 Å². The Morgan fingerprint density at radius 2 is 2.15 bits per heavy atom. The lowest BCUT2D eigenvalue weighted by atomic mass is 10.1. The van der Waals surface area contributed by atoms with Gasteiger partial charge in [0.2, 0.25) is 5.82 Å². The second-order valence-electron chi connectivity index (χ2n) is 6.00. The van der Waals surface area contributed by atoms with Gasteiger partial charge in [-0.2, -0.15) is 14.5 Å². The molecule has 27 heavy (non-hydrogen) atoms. The highest BCUT2D eigenvalue weighted by Gasteiger charge is 2.21. The Bertz CT molecular complexity index is 900. The fraction of sp³-hybridized carbons (Fsp3) is 0.353. The van der Waals surface area contributed by atoms with Gasteiger partial charge in [0.15, 0.2) is 11.6 Å². The maximum atomic E-state index is 14.6. The van der Waals surface area contributed by atoms with Crippen molar-refractivity contribution < 1.29 is 9.13 Å². The first kappa shape index (κ1) is 21.1. The van der Waals surface area contributed by atoms with Crippen molar-refractivity contribution in [3.8, 4) is 17.3 Å². The molecule has 7 nitrogen and oxygen atoms in total. The van der Waals surface area contributed by atoms with Crippen LogP contribution in [0.25, 0.3) is 16.9 Å². The molecule has 4 heterocycles. The number of aromatic nitrogens is 4. The van der Waals surface area contributed by atoms with Gasteiger partial charge in [0.05, 0.1) is 24.4 Å². The van der Waals surface area contributed by atoms with E-state index in [0.717, 1.165) is 37.0 Å². The number of piperidine rings is 1. The number of fused-ring (bicyclic) bond motifs is 1. The lowest BCUT2D eigenvalue weighted by Crippen LogP contribution is -2.38. The molecule has 0 amide bonds. The molecular weight excluding hydrogens is 394 g/mol. The fourth-order valence-corrected chi connectivity index (χ4v) is 3.05. The number of pyridine rings is 1. The topological polar surface area (TPSA) is 76.4 Å². The first-order valence-corrected chi connectivity index (χ1v) is 8.28. The molecule has 0 aromatic carbocycles. The van der Waals surface area contributed by atoms with Gasteiger partial charge in [-0.1, -0.05) is 6.07 Å². The highest BCUT2D eigenvalue weighted by Crippen LogP contribution is 2.28. The summed E-state index contributed by atoms with van der Waals surface area (Å²) in [5, 5.41) is 10.8. The molecule has 1 fully saturated rings. The van der Waals surface area contributed by atoms with Gasteiger partial charge < -0.3 is 15.4 Å². The first-order chi connectivity index (χ1) is 12.3. The van der Waals surface area contributed by atoms with Crippen LogP contribution < -0.4 is 15.4 Å². The number of rotatable bonds is 4. The third-order valence-corrected chi connectivity index (χ3v) is 4.32. The molecular formula is C17H21Cl2FN6O. The number of anilines is 1. The number of hydrogen-bond donors (Lipinski definition) is 2. The number of ether oxygens (including phenoxy) is 1. The summed E-state index contributed by atoms with van der Waals surface area (Å²) in [6.45, 7) is 1.76. The zero-order valence-corrected chi connectivity index (χ0v) is 16.3. The lowest BCUT2D eigenvalue weighted by molar-refractivity contribution is 0.368. The van der Waals surface area contributed by atoms with Crippen LogP contribution >= 0.6 is 24.8 Å². The van der Waals surface area contributed by atoms with Gasteiger partial charge in [-0.05, 0) is 31.5 Å². The molecule has 1 aliphatic heterocycles. The van der Waals surface area contributed by atoms with Crippen molar-refractivity contribution in [2.24, 2.45) is 0 Å². The van der Waals surface area contributed by atoms with Crippen LogP contribution in [0.3, 0.4) is 0 Å². The van der Waals surface area contributed by atoms with Crippen LogP contribution in [0, 0.1) is 5.82 Å². The van der Waals surface area contributed by atoms with Crippen LogP contribution in [0.5, 0.6) is 5.88 Å². The highest BCUT2D eigenvalue weighted by atomic mass is 35.5. The van der Waals surface area contributed by atoms with E-state index in [9.17, 15) is 4.39 Å². The summed E-state index contributed by atoms with van der Waals surface area (Å²) in [5.74, 6) is -0.114. The summed E-state index contributed by atoms with van der Waals surface area (Å²) in [6.07, 6.45) is 5.52. The Labute approximate surface area is 168 Å². The number of halogens is 3. The fourth-order valence-electron chi connectivity index (χ4n) is 3.05. The van der Waals surface area contributed by atoms with Crippen molar-refractivity contribution in [2.75, 3.05) is 25.5 Å². The average molecular weight is 415 g/mol. The van der Waals surface area contributed by atoms with Crippen LogP contribution in [0.15, 0.2) is 30.6 Å². The molecule has 3 aromatic heterocycles. The predicted molar refractivity (Wildman–Crippen MR) is 107 cm³/mol. The number of nitrogens with zero attached hydrogens (tertiary/aromatic N) is 4. The van der Waals surface area contributed by atoms with E-state index in [0.29, 0.717) is 5.82 Å². The van der Waals surface area contributed by atoms with Crippen LogP contribution in [-0.2, 0) is 0 Å². The number of nitrogens with one attached hydrogen (secondary N) is 2. The van der Waals surface area contributed by atoms with Gasteiger partial charge in [-0.25, -0.2) is 9.50 Å². The summed E-state index contributed by atoms with van der Waals surface area (Å²) < 4.78 is 21.5. The summed E-state index contributed by atoms with van der Waals surface area (Å²) >= 11 is 0. The summed E-state index contributed by atoms with van der Waals surface area (Å²) in [4.78, 5) is 8.63. The van der Waals surface area contributed by atoms with Gasteiger partial charge in [-0.15, -0.1) is 24.8 Å². The second-order valence-corrected chi connectivity index (χ2v) is 6.00. The molecule has 4 rings (SSSR count). The number of hydrogen-bond acceptors (Lipinski definition) is 6. The Morgan fingerprint density at radius 1 is 1.30 bits per heavy atom. The third kappa shape index (κ3) is 4.23. The zero-order chi connectivity index (χ0) is 17.2. The van der Waals surface area contributed by atoms with Crippen molar-refractivity contribution in [3.05, 3.63) is 36.4 Å². The van der Waals surface area contributed by atoms with E-state index in [1.165, 1.54) is 7.11 Å². The predicted octanol–water partition coefficient (Wildman–Crippen LogP) is 2.95. The Hall–Kier alpha value is -2.16. The maximum absolute atomic E-state index is 14.6. The summed E-state index contributed by atoms with van der Waals surface area (Å²) in [5.41, 5.74) is 1.57. The second kappa shape index (κ2) is 9.16. The van der Waals surface area contributed by atoms with Crippen molar-refractivity contribution in [1.82, 2.24) is 24.9 Å². The Kier molecular flexibility index (Phi) is 7.18. The summed E-state index contributed by atoms with van der Waals surface area (Å²) in [6, 6.07) is 5.84. The summed E-state index contributed by atoms with van der Waals surface area (Å²) in [7, 11) is 1.40. The minimum atomic E-state index is -0.576. The first-order valence-electron chi connectivity index (χ1n) is 8.28. The molecule has 2 N–H and O–H groups in total. The molecule has 0 radical (unpaired) electrons. The van der Waals surface area contributed by atoms with E-state index in [2.05, 4.69) is 25.7 Å². The van der Waals surface area contributed by atoms with E-state index in [1.807, 2.05) is 24.4 Å². The zero-order valence-electron chi connectivity index (χ0n) is 14.7. The van der Waals surface area contributed by atoms with E-state index >= 15 is 0 Å². The average Bonchev–Trinajstić information content (AvgIpc) is 3.08. The smallest absolute Gasteiger partial charge is 0.256 e. The van der Waals surface area contributed by atoms with Crippen LogP contribution in [0.4, 0.5) is 10.2 Å².